The van der Waals surface area contributed by atoms with Gasteiger partial charge < -0.3 is 4.90 Å². The molecule has 0 saturated heterocycles. The first-order chi connectivity index (χ1) is 20.1. The Hall–Kier alpha value is -4.69. The van der Waals surface area contributed by atoms with Crippen LogP contribution in [-0.4, -0.2) is 6.29 Å². The molecule has 1 aliphatic rings. The molecule has 1 aliphatic carbocycles. The lowest BCUT2D eigenvalue weighted by Crippen LogP contribution is -2.12. The second kappa shape index (κ2) is 11.8. The number of aryl methyl sites for hydroxylation is 4. The molecular formula is C39H35NO. The third kappa shape index (κ3) is 5.93. The number of nitrogens with zero attached hydrogens (tertiary/aromatic N) is 1. The Kier molecular flexibility index (Phi) is 7.65. The number of hydrogen-bond donors (Lipinski definition) is 0. The molecule has 0 heterocycles. The standard InChI is InChI=1S/C39H35NO/c1-28-7-15-33(16-8-28)39(34-17-9-29(2)10-18-34)25-30-11-20-36(21-12-30)40(37-22-13-31(27-41)14-23-37)38-24-19-32-5-3-4-6-35(32)26-38/h7-27H,3-6H2,1-2H3. The lowest BCUT2D eigenvalue weighted by Gasteiger charge is -2.27. The number of aldehydes is 1. The Morgan fingerprint density at radius 1 is 0.561 bits per heavy atom. The van der Waals surface area contributed by atoms with Crippen molar-refractivity contribution in [2.75, 3.05) is 4.90 Å². The monoisotopic (exact) mass is 533 g/mol. The summed E-state index contributed by atoms with van der Waals surface area (Å²) in [7, 11) is 0. The van der Waals surface area contributed by atoms with Crippen molar-refractivity contribution in [1.82, 2.24) is 0 Å². The number of fused-ring (bicyclic) bond motifs is 1. The summed E-state index contributed by atoms with van der Waals surface area (Å²) in [5, 5.41) is 0. The summed E-state index contributed by atoms with van der Waals surface area (Å²) in [6.45, 7) is 4.25. The molecule has 6 rings (SSSR count). The van der Waals surface area contributed by atoms with Gasteiger partial charge in [-0.1, -0.05) is 77.9 Å². The van der Waals surface area contributed by atoms with Crippen molar-refractivity contribution in [2.24, 2.45) is 0 Å². The molecule has 2 nitrogen and oxygen atoms in total. The molecule has 202 valence electrons. The molecule has 0 radical (unpaired) electrons. The zero-order chi connectivity index (χ0) is 28.2. The molecule has 0 amide bonds. The Morgan fingerprint density at radius 3 is 1.59 bits per heavy atom. The summed E-state index contributed by atoms with van der Waals surface area (Å²) in [4.78, 5) is 13.6. The van der Waals surface area contributed by atoms with Crippen LogP contribution in [0.5, 0.6) is 0 Å². The Bertz CT molecular complexity index is 1630. The van der Waals surface area contributed by atoms with E-state index in [1.165, 1.54) is 51.8 Å². The van der Waals surface area contributed by atoms with Crippen molar-refractivity contribution < 1.29 is 4.79 Å². The van der Waals surface area contributed by atoms with Crippen molar-refractivity contribution >= 4 is 35.0 Å². The molecule has 0 unspecified atom stereocenters. The molecule has 2 heteroatoms. The van der Waals surface area contributed by atoms with E-state index in [9.17, 15) is 4.79 Å². The average molecular weight is 534 g/mol. The largest absolute Gasteiger partial charge is 0.310 e. The highest BCUT2D eigenvalue weighted by Crippen LogP contribution is 2.37. The van der Waals surface area contributed by atoms with E-state index in [2.05, 4.69) is 116 Å². The SMILES string of the molecule is Cc1ccc(C(=Cc2ccc(N(c3ccc(C=O)cc3)c3ccc4c(c3)CCCC4)cc2)c2ccc(C)cc2)cc1. The van der Waals surface area contributed by atoms with E-state index in [1.807, 2.05) is 24.3 Å². The molecule has 0 aromatic heterocycles. The van der Waals surface area contributed by atoms with Gasteiger partial charge in [0, 0.05) is 22.6 Å². The molecule has 0 atom stereocenters. The minimum atomic E-state index is 0.680. The van der Waals surface area contributed by atoms with E-state index in [1.54, 1.807) is 0 Å². The van der Waals surface area contributed by atoms with Crippen molar-refractivity contribution in [3.8, 4) is 0 Å². The highest BCUT2D eigenvalue weighted by atomic mass is 16.1. The normalized spacial score (nSPS) is 12.3. The number of carbonyl (C=O) groups is 1. The van der Waals surface area contributed by atoms with Crippen LogP contribution in [0.3, 0.4) is 0 Å². The number of benzene rings is 5. The zero-order valence-corrected chi connectivity index (χ0v) is 23.8. The first kappa shape index (κ1) is 26.5. The summed E-state index contributed by atoms with van der Waals surface area (Å²) in [5.41, 5.74) is 14.1. The topological polar surface area (TPSA) is 20.3 Å². The van der Waals surface area contributed by atoms with E-state index >= 15 is 0 Å². The van der Waals surface area contributed by atoms with Gasteiger partial charge in [-0.15, -0.1) is 0 Å². The fourth-order valence-electron chi connectivity index (χ4n) is 5.69. The Labute approximate surface area is 243 Å². The Morgan fingerprint density at radius 2 is 1.05 bits per heavy atom. The fourth-order valence-corrected chi connectivity index (χ4v) is 5.69. The molecule has 5 aromatic rings. The number of anilines is 3. The van der Waals surface area contributed by atoms with Gasteiger partial charge in [0.15, 0.2) is 0 Å². The summed E-state index contributed by atoms with van der Waals surface area (Å²) in [6, 6.07) is 41.0. The van der Waals surface area contributed by atoms with Gasteiger partial charge in [-0.2, -0.15) is 0 Å². The quantitative estimate of drug-likeness (QED) is 0.153. The van der Waals surface area contributed by atoms with Crippen molar-refractivity contribution in [1.29, 1.82) is 0 Å². The van der Waals surface area contributed by atoms with Crippen LogP contribution in [0, 0.1) is 13.8 Å². The summed E-state index contributed by atoms with van der Waals surface area (Å²) in [6.07, 6.45) is 7.98. The van der Waals surface area contributed by atoms with Crippen LogP contribution in [0.4, 0.5) is 17.1 Å². The first-order valence-electron chi connectivity index (χ1n) is 14.5. The van der Waals surface area contributed by atoms with Gasteiger partial charge in [-0.05, 0) is 128 Å². The van der Waals surface area contributed by atoms with Crippen molar-refractivity contribution in [3.05, 3.63) is 160 Å². The van der Waals surface area contributed by atoms with Gasteiger partial charge in [-0.25, -0.2) is 0 Å². The number of hydrogen-bond acceptors (Lipinski definition) is 2. The molecule has 5 aromatic carbocycles. The lowest BCUT2D eigenvalue weighted by molar-refractivity contribution is 0.112. The predicted octanol–water partition coefficient (Wildman–Crippen LogP) is 10.1. The zero-order valence-electron chi connectivity index (χ0n) is 23.8. The lowest BCUT2D eigenvalue weighted by atomic mass is 9.91. The van der Waals surface area contributed by atoms with E-state index < -0.39 is 0 Å². The third-order valence-electron chi connectivity index (χ3n) is 8.07. The predicted molar refractivity (Wildman–Crippen MR) is 172 cm³/mol. The van der Waals surface area contributed by atoms with E-state index in [0.29, 0.717) is 5.56 Å². The highest BCUT2D eigenvalue weighted by molar-refractivity contribution is 5.92. The highest BCUT2D eigenvalue weighted by Gasteiger charge is 2.16. The maximum Gasteiger partial charge on any atom is 0.150 e. The van der Waals surface area contributed by atoms with E-state index in [0.717, 1.165) is 41.8 Å². The molecule has 0 bridgehead atoms. The molecule has 0 fully saturated rings. The minimum absolute atomic E-state index is 0.680. The van der Waals surface area contributed by atoms with Crippen LogP contribution in [0.15, 0.2) is 115 Å². The molecule has 41 heavy (non-hydrogen) atoms. The van der Waals surface area contributed by atoms with Gasteiger partial charge in [0.1, 0.15) is 6.29 Å². The maximum atomic E-state index is 11.3. The van der Waals surface area contributed by atoms with Gasteiger partial charge in [-0.3, -0.25) is 4.79 Å². The number of rotatable bonds is 7. The van der Waals surface area contributed by atoms with Gasteiger partial charge in [0.25, 0.3) is 0 Å². The molecule has 0 spiro atoms. The van der Waals surface area contributed by atoms with Gasteiger partial charge in [0.05, 0.1) is 0 Å². The molecule has 0 N–H and O–H groups in total. The fraction of sp³-hybridized carbons (Fsp3) is 0.154. The summed E-state index contributed by atoms with van der Waals surface area (Å²) >= 11 is 0. The number of carbonyl (C=O) groups excluding carboxylic acids is 1. The van der Waals surface area contributed by atoms with Crippen molar-refractivity contribution in [2.45, 2.75) is 39.5 Å². The Balaban J connectivity index is 1.40. The second-order valence-electron chi connectivity index (χ2n) is 11.1. The molecular weight excluding hydrogens is 498 g/mol. The second-order valence-corrected chi connectivity index (χ2v) is 11.1. The molecule has 0 saturated carbocycles. The third-order valence-corrected chi connectivity index (χ3v) is 8.07. The van der Waals surface area contributed by atoms with Crippen LogP contribution in [0.1, 0.15) is 62.1 Å². The molecule has 0 aliphatic heterocycles. The summed E-state index contributed by atoms with van der Waals surface area (Å²) < 4.78 is 0. The maximum absolute atomic E-state index is 11.3. The minimum Gasteiger partial charge on any atom is -0.310 e. The van der Waals surface area contributed by atoms with Crippen LogP contribution in [-0.2, 0) is 12.8 Å². The summed E-state index contributed by atoms with van der Waals surface area (Å²) in [5.74, 6) is 0. The first-order valence-corrected chi connectivity index (χ1v) is 14.5. The van der Waals surface area contributed by atoms with Crippen LogP contribution < -0.4 is 4.90 Å². The van der Waals surface area contributed by atoms with Gasteiger partial charge in [0.2, 0.25) is 0 Å². The van der Waals surface area contributed by atoms with Crippen molar-refractivity contribution in [3.63, 3.8) is 0 Å². The van der Waals surface area contributed by atoms with E-state index in [-0.39, 0.29) is 0 Å². The smallest absolute Gasteiger partial charge is 0.150 e. The van der Waals surface area contributed by atoms with Crippen LogP contribution in [0.25, 0.3) is 11.6 Å². The van der Waals surface area contributed by atoms with E-state index in [4.69, 9.17) is 0 Å². The van der Waals surface area contributed by atoms with Crippen LogP contribution >= 0.6 is 0 Å². The van der Waals surface area contributed by atoms with Gasteiger partial charge >= 0.3 is 0 Å². The van der Waals surface area contributed by atoms with Crippen LogP contribution in [0.2, 0.25) is 0 Å². The average Bonchev–Trinajstić information content (AvgIpc) is 3.02.